The topological polar surface area (TPSA) is 76.4 Å². The van der Waals surface area contributed by atoms with Gasteiger partial charge >= 0.3 is 0 Å². The summed E-state index contributed by atoms with van der Waals surface area (Å²) in [6.07, 6.45) is 3.10. The molecular weight excluding hydrogens is 258 g/mol. The first-order chi connectivity index (χ1) is 9.67. The zero-order valence-electron chi connectivity index (χ0n) is 12.1. The van der Waals surface area contributed by atoms with Gasteiger partial charge in [-0.25, -0.2) is 0 Å². The van der Waals surface area contributed by atoms with Crippen LogP contribution in [0.5, 0.6) is 0 Å². The summed E-state index contributed by atoms with van der Waals surface area (Å²) in [7, 11) is 1.74. The zero-order valence-corrected chi connectivity index (χ0v) is 12.1. The molecule has 1 aromatic rings. The van der Waals surface area contributed by atoms with Gasteiger partial charge < -0.3 is 15.4 Å². The van der Waals surface area contributed by atoms with E-state index in [4.69, 9.17) is 4.74 Å². The molecular formula is C14H23N3O3. The minimum absolute atomic E-state index is 0.0820. The Morgan fingerprint density at radius 2 is 1.90 bits per heavy atom. The molecule has 0 amide bonds. The molecule has 0 saturated heterocycles. The minimum atomic E-state index is -0.389. The van der Waals surface area contributed by atoms with Gasteiger partial charge in [0.15, 0.2) is 0 Å². The summed E-state index contributed by atoms with van der Waals surface area (Å²) in [4.78, 5) is 10.4. The molecule has 0 aliphatic heterocycles. The van der Waals surface area contributed by atoms with Crippen LogP contribution in [-0.4, -0.2) is 31.7 Å². The number of hydrogen-bond acceptors (Lipinski definition) is 5. The smallest absolute Gasteiger partial charge is 0.273 e. The van der Waals surface area contributed by atoms with Gasteiger partial charge in [-0.3, -0.25) is 10.1 Å². The van der Waals surface area contributed by atoms with E-state index in [2.05, 4.69) is 17.6 Å². The summed E-state index contributed by atoms with van der Waals surface area (Å²) in [6, 6.07) is 4.91. The first-order valence-corrected chi connectivity index (χ1v) is 6.96. The van der Waals surface area contributed by atoms with Gasteiger partial charge in [0.25, 0.3) is 5.69 Å². The van der Waals surface area contributed by atoms with Crippen LogP contribution in [0.3, 0.4) is 0 Å². The molecule has 1 aromatic carbocycles. The number of non-ortho nitro benzene ring substituents is 1. The number of hydrogen-bond donors (Lipinski definition) is 2. The van der Waals surface area contributed by atoms with Crippen molar-refractivity contribution in [3.8, 4) is 0 Å². The van der Waals surface area contributed by atoms with Gasteiger partial charge in [-0.2, -0.15) is 0 Å². The van der Waals surface area contributed by atoms with Gasteiger partial charge in [0, 0.05) is 50.3 Å². The van der Waals surface area contributed by atoms with Gasteiger partial charge in [0.2, 0.25) is 0 Å². The molecule has 0 radical (unpaired) electrons. The molecule has 0 saturated carbocycles. The lowest BCUT2D eigenvalue weighted by molar-refractivity contribution is -0.384. The van der Waals surface area contributed by atoms with Crippen molar-refractivity contribution in [3.63, 3.8) is 0 Å². The highest BCUT2D eigenvalue weighted by molar-refractivity contribution is 5.63. The molecule has 112 valence electrons. The van der Waals surface area contributed by atoms with E-state index in [0.29, 0.717) is 6.61 Å². The van der Waals surface area contributed by atoms with Crippen LogP contribution in [0, 0.1) is 10.1 Å². The van der Waals surface area contributed by atoms with E-state index < -0.39 is 0 Å². The van der Waals surface area contributed by atoms with E-state index >= 15 is 0 Å². The molecule has 0 aliphatic rings. The fourth-order valence-corrected chi connectivity index (χ4v) is 1.72. The van der Waals surface area contributed by atoms with E-state index in [0.717, 1.165) is 43.8 Å². The van der Waals surface area contributed by atoms with Gasteiger partial charge in [0.05, 0.1) is 4.92 Å². The van der Waals surface area contributed by atoms with Crippen LogP contribution in [0.1, 0.15) is 26.2 Å². The number of benzene rings is 1. The normalized spacial score (nSPS) is 10.3. The fourth-order valence-electron chi connectivity index (χ4n) is 1.72. The van der Waals surface area contributed by atoms with Gasteiger partial charge in [-0.05, 0) is 18.9 Å². The van der Waals surface area contributed by atoms with Crippen molar-refractivity contribution in [1.29, 1.82) is 0 Å². The summed E-state index contributed by atoms with van der Waals surface area (Å²) in [5.41, 5.74) is 1.55. The van der Waals surface area contributed by atoms with Gasteiger partial charge in [0.1, 0.15) is 0 Å². The quantitative estimate of drug-likeness (QED) is 0.391. The Bertz CT molecular complexity index is 424. The van der Waals surface area contributed by atoms with E-state index in [1.54, 1.807) is 13.1 Å². The number of rotatable bonds is 10. The van der Waals surface area contributed by atoms with Crippen LogP contribution in [0.4, 0.5) is 17.1 Å². The lowest BCUT2D eigenvalue weighted by Gasteiger charge is -2.09. The van der Waals surface area contributed by atoms with Crippen molar-refractivity contribution in [3.05, 3.63) is 28.3 Å². The third kappa shape index (κ3) is 5.88. The molecule has 2 N–H and O–H groups in total. The summed E-state index contributed by atoms with van der Waals surface area (Å²) < 4.78 is 5.46. The molecule has 0 bridgehead atoms. The van der Waals surface area contributed by atoms with E-state index in [1.165, 1.54) is 6.07 Å². The molecule has 1 rings (SSSR count). The Balaban J connectivity index is 2.39. The molecule has 0 fully saturated rings. The summed E-state index contributed by atoms with van der Waals surface area (Å²) in [5, 5.41) is 16.9. The van der Waals surface area contributed by atoms with Crippen molar-refractivity contribution in [1.82, 2.24) is 0 Å². The highest BCUT2D eigenvalue weighted by Gasteiger charge is 2.08. The maximum Gasteiger partial charge on any atom is 0.273 e. The second-order valence-corrected chi connectivity index (χ2v) is 4.52. The van der Waals surface area contributed by atoms with Crippen molar-refractivity contribution in [2.75, 3.05) is 37.4 Å². The number of unbranched alkanes of at least 4 members (excludes halogenated alkanes) is 1. The number of nitro groups is 1. The van der Waals surface area contributed by atoms with Crippen molar-refractivity contribution >= 4 is 17.1 Å². The SMILES string of the molecule is CCCCOCCCNc1cc(NC)cc([N+](=O)[O-])c1. The average Bonchev–Trinajstić information content (AvgIpc) is 2.46. The maximum atomic E-state index is 10.8. The predicted molar refractivity (Wildman–Crippen MR) is 81.5 cm³/mol. The lowest BCUT2D eigenvalue weighted by Crippen LogP contribution is -2.07. The van der Waals surface area contributed by atoms with Gasteiger partial charge in [-0.15, -0.1) is 0 Å². The Kier molecular flexibility index (Phi) is 7.42. The molecule has 0 spiro atoms. The van der Waals surface area contributed by atoms with Crippen LogP contribution in [-0.2, 0) is 4.74 Å². The second-order valence-electron chi connectivity index (χ2n) is 4.52. The Morgan fingerprint density at radius 3 is 2.55 bits per heavy atom. The Hall–Kier alpha value is -1.82. The highest BCUT2D eigenvalue weighted by Crippen LogP contribution is 2.23. The van der Waals surface area contributed by atoms with E-state index in [1.807, 2.05) is 6.07 Å². The fraction of sp³-hybridized carbons (Fsp3) is 0.571. The number of nitrogens with one attached hydrogen (secondary N) is 2. The highest BCUT2D eigenvalue weighted by atomic mass is 16.6. The molecule has 0 heterocycles. The molecule has 0 aliphatic carbocycles. The maximum absolute atomic E-state index is 10.8. The van der Waals surface area contributed by atoms with Crippen LogP contribution in [0.25, 0.3) is 0 Å². The molecule has 0 aromatic heterocycles. The third-order valence-corrected chi connectivity index (χ3v) is 2.85. The van der Waals surface area contributed by atoms with Crippen LogP contribution in [0.15, 0.2) is 18.2 Å². The predicted octanol–water partition coefficient (Wildman–Crippen LogP) is 3.26. The van der Waals surface area contributed by atoms with Crippen molar-refractivity contribution in [2.45, 2.75) is 26.2 Å². The molecule has 0 atom stereocenters. The summed E-state index contributed by atoms with van der Waals surface area (Å²) in [6.45, 7) is 4.38. The van der Waals surface area contributed by atoms with Crippen LogP contribution in [0.2, 0.25) is 0 Å². The molecule has 0 unspecified atom stereocenters. The van der Waals surface area contributed by atoms with Crippen LogP contribution < -0.4 is 10.6 Å². The lowest BCUT2D eigenvalue weighted by atomic mass is 10.2. The first kappa shape index (κ1) is 16.2. The second kappa shape index (κ2) is 9.14. The monoisotopic (exact) mass is 281 g/mol. The van der Waals surface area contributed by atoms with Crippen LogP contribution >= 0.6 is 0 Å². The first-order valence-electron chi connectivity index (χ1n) is 6.96. The molecule has 6 nitrogen and oxygen atoms in total. The zero-order chi connectivity index (χ0) is 14.8. The number of anilines is 2. The third-order valence-electron chi connectivity index (χ3n) is 2.85. The average molecular weight is 281 g/mol. The minimum Gasteiger partial charge on any atom is -0.388 e. The van der Waals surface area contributed by atoms with Gasteiger partial charge in [-0.1, -0.05) is 13.3 Å². The Morgan fingerprint density at radius 1 is 1.20 bits per heavy atom. The summed E-state index contributed by atoms with van der Waals surface area (Å²) >= 11 is 0. The van der Waals surface area contributed by atoms with E-state index in [-0.39, 0.29) is 10.6 Å². The van der Waals surface area contributed by atoms with Crippen molar-refractivity contribution < 1.29 is 9.66 Å². The molecule has 20 heavy (non-hydrogen) atoms. The Labute approximate surface area is 119 Å². The largest absolute Gasteiger partial charge is 0.388 e. The number of ether oxygens (including phenoxy) is 1. The van der Waals surface area contributed by atoms with E-state index in [9.17, 15) is 10.1 Å². The number of nitro benzene ring substituents is 1. The number of nitrogens with zero attached hydrogens (tertiary/aromatic N) is 1. The van der Waals surface area contributed by atoms with Crippen molar-refractivity contribution in [2.24, 2.45) is 0 Å². The summed E-state index contributed by atoms with van der Waals surface area (Å²) in [5.74, 6) is 0. The standard InChI is InChI=1S/C14H23N3O3/c1-3-4-7-20-8-5-6-16-13-9-12(15-2)10-14(11-13)17(18)19/h9-11,15-16H,3-8H2,1-2H3. The molecule has 6 heteroatoms.